The second-order valence-electron chi connectivity index (χ2n) is 9.28. The van der Waals surface area contributed by atoms with E-state index in [1.165, 1.54) is 29.4 Å². The van der Waals surface area contributed by atoms with Crippen molar-refractivity contribution in [1.29, 1.82) is 5.26 Å². The summed E-state index contributed by atoms with van der Waals surface area (Å²) in [7, 11) is 2.97. The summed E-state index contributed by atoms with van der Waals surface area (Å²) < 4.78 is 4.82. The Morgan fingerprint density at radius 1 is 1.16 bits per heavy atom. The maximum Gasteiger partial charge on any atom is 0.338 e. The molecule has 1 spiro atoms. The van der Waals surface area contributed by atoms with Gasteiger partial charge in [-0.05, 0) is 42.0 Å². The van der Waals surface area contributed by atoms with Gasteiger partial charge in [0.2, 0.25) is 0 Å². The van der Waals surface area contributed by atoms with Crippen LogP contribution in [0.5, 0.6) is 0 Å². The van der Waals surface area contributed by atoms with Crippen LogP contribution in [0.1, 0.15) is 32.3 Å². The fourth-order valence-electron chi connectivity index (χ4n) is 5.32. The first kappa shape index (κ1) is 26.2. The summed E-state index contributed by atoms with van der Waals surface area (Å²) in [6, 6.07) is 15.1. The minimum atomic E-state index is -1.21. The molecule has 38 heavy (non-hydrogen) atoms. The molecule has 3 heterocycles. The number of hydrogen-bond donors (Lipinski definition) is 0. The normalized spacial score (nSPS) is 21.4. The van der Waals surface area contributed by atoms with Gasteiger partial charge in [-0.2, -0.15) is 5.26 Å². The van der Waals surface area contributed by atoms with Crippen molar-refractivity contribution >= 4 is 58.1 Å². The molecule has 5 rings (SSSR count). The van der Waals surface area contributed by atoms with E-state index < -0.39 is 17.5 Å². The number of hydrogen-bond acceptors (Lipinski definition) is 7. The number of carbonyl (C=O) groups excluding carboxylic acids is 3. The van der Waals surface area contributed by atoms with Crippen molar-refractivity contribution in [3.05, 3.63) is 85.5 Å². The predicted octanol–water partition coefficient (Wildman–Crippen LogP) is 5.15. The predicted molar refractivity (Wildman–Crippen MR) is 145 cm³/mol. The van der Waals surface area contributed by atoms with Crippen molar-refractivity contribution in [2.45, 2.75) is 18.0 Å². The monoisotopic (exact) mass is 568 g/mol. The number of urea groups is 1. The van der Waals surface area contributed by atoms with Gasteiger partial charge >= 0.3 is 12.0 Å². The molecule has 0 saturated carbocycles. The summed E-state index contributed by atoms with van der Waals surface area (Å²) in [6.45, 7) is 1.23. The number of nitrogens with zero attached hydrogens (tertiary/aromatic N) is 4. The molecule has 0 bridgehead atoms. The number of ether oxygens (including phenoxy) is 1. The number of amides is 3. The van der Waals surface area contributed by atoms with E-state index in [4.69, 9.17) is 27.9 Å². The number of nitriles is 1. The zero-order valence-electron chi connectivity index (χ0n) is 20.5. The Kier molecular flexibility index (Phi) is 6.92. The highest BCUT2D eigenvalue weighted by Gasteiger charge is 2.64. The first-order valence-electron chi connectivity index (χ1n) is 11.6. The number of rotatable bonds is 5. The third-order valence-electron chi connectivity index (χ3n) is 7.13. The van der Waals surface area contributed by atoms with E-state index >= 15 is 0 Å². The highest BCUT2D eigenvalue weighted by Crippen LogP contribution is 2.47. The molecule has 8 nitrogen and oxygen atoms in total. The minimum Gasteiger partial charge on any atom is -0.465 e. The molecule has 1 aromatic heterocycles. The van der Waals surface area contributed by atoms with Crippen LogP contribution in [0.4, 0.5) is 10.5 Å². The fourth-order valence-corrected chi connectivity index (χ4v) is 6.73. The fraction of sp³-hybridized carbons (Fsp3) is 0.259. The van der Waals surface area contributed by atoms with Crippen molar-refractivity contribution in [2.24, 2.45) is 0 Å². The van der Waals surface area contributed by atoms with Gasteiger partial charge in [-0.15, -0.1) is 11.3 Å². The molecule has 2 aliphatic heterocycles. The number of halogens is 2. The molecule has 194 valence electrons. The van der Waals surface area contributed by atoms with Crippen LogP contribution in [-0.4, -0.2) is 60.5 Å². The maximum atomic E-state index is 14.3. The second-order valence-corrected chi connectivity index (χ2v) is 11.2. The van der Waals surface area contributed by atoms with Crippen LogP contribution in [0.15, 0.2) is 53.9 Å². The van der Waals surface area contributed by atoms with Crippen LogP contribution < -0.4 is 4.90 Å². The number of methoxy groups -OCH3 is 1. The highest BCUT2D eigenvalue weighted by atomic mass is 35.5. The molecule has 2 saturated heterocycles. The van der Waals surface area contributed by atoms with Gasteiger partial charge in [-0.25, -0.2) is 14.5 Å². The Balaban J connectivity index is 1.55. The van der Waals surface area contributed by atoms with Gasteiger partial charge in [0.25, 0.3) is 5.91 Å². The largest absolute Gasteiger partial charge is 0.465 e. The number of esters is 1. The SMILES string of the molecule is COC(=O)c1csc(CN2CC(c3ccc(C#N)cc3)C3(C2)C(=O)N(c2cc(Cl)cc(Cl)c2)C(=O)N3C)c1. The Labute approximate surface area is 233 Å². The molecule has 3 amide bonds. The lowest BCUT2D eigenvalue weighted by Crippen LogP contribution is -2.53. The van der Waals surface area contributed by atoms with Gasteiger partial charge in [0.15, 0.2) is 0 Å². The Hall–Kier alpha value is -3.42. The number of benzene rings is 2. The molecule has 2 unspecified atom stereocenters. The summed E-state index contributed by atoms with van der Waals surface area (Å²) >= 11 is 13.8. The summed E-state index contributed by atoms with van der Waals surface area (Å²) in [5.74, 6) is -1.16. The highest BCUT2D eigenvalue weighted by molar-refractivity contribution is 7.10. The van der Waals surface area contributed by atoms with Crippen molar-refractivity contribution in [1.82, 2.24) is 9.80 Å². The second kappa shape index (κ2) is 10.0. The number of anilines is 1. The Bertz CT molecular complexity index is 1460. The molecule has 0 aliphatic carbocycles. The van der Waals surface area contributed by atoms with Crippen LogP contribution in [0.25, 0.3) is 0 Å². The van der Waals surface area contributed by atoms with Gasteiger partial charge in [-0.1, -0.05) is 35.3 Å². The minimum absolute atomic E-state index is 0.273. The third kappa shape index (κ3) is 4.33. The lowest BCUT2D eigenvalue weighted by Gasteiger charge is -2.34. The van der Waals surface area contributed by atoms with Crippen molar-refractivity contribution in [3.63, 3.8) is 0 Å². The molecule has 0 N–H and O–H groups in total. The van der Waals surface area contributed by atoms with E-state index in [1.807, 2.05) is 12.1 Å². The summed E-state index contributed by atoms with van der Waals surface area (Å²) in [5, 5.41) is 11.6. The van der Waals surface area contributed by atoms with Gasteiger partial charge in [0, 0.05) is 52.9 Å². The molecule has 2 atom stereocenters. The molecule has 11 heteroatoms. The van der Waals surface area contributed by atoms with Crippen LogP contribution in [0.2, 0.25) is 10.0 Å². The first-order valence-corrected chi connectivity index (χ1v) is 13.3. The number of carbonyl (C=O) groups is 3. The zero-order chi connectivity index (χ0) is 27.2. The van der Waals surface area contributed by atoms with E-state index in [0.29, 0.717) is 39.9 Å². The van der Waals surface area contributed by atoms with E-state index in [9.17, 15) is 19.6 Å². The van der Waals surface area contributed by atoms with Crippen LogP contribution in [0.3, 0.4) is 0 Å². The van der Waals surface area contributed by atoms with E-state index in [2.05, 4.69) is 11.0 Å². The van der Waals surface area contributed by atoms with Crippen LogP contribution in [-0.2, 0) is 16.1 Å². The van der Waals surface area contributed by atoms with Gasteiger partial charge in [0.1, 0.15) is 5.54 Å². The third-order valence-corrected chi connectivity index (χ3v) is 8.49. The lowest BCUT2D eigenvalue weighted by molar-refractivity contribution is -0.124. The summed E-state index contributed by atoms with van der Waals surface area (Å²) in [5.41, 5.74) is 0.913. The van der Waals surface area contributed by atoms with Crippen molar-refractivity contribution in [2.75, 3.05) is 32.1 Å². The van der Waals surface area contributed by atoms with E-state index in [1.54, 1.807) is 42.8 Å². The quantitative estimate of drug-likeness (QED) is 0.312. The molecule has 2 aliphatic rings. The van der Waals surface area contributed by atoms with Gasteiger partial charge in [-0.3, -0.25) is 9.69 Å². The van der Waals surface area contributed by atoms with Crippen molar-refractivity contribution in [3.8, 4) is 6.07 Å². The van der Waals surface area contributed by atoms with E-state index in [0.717, 1.165) is 15.3 Å². The molecular formula is C27H22Cl2N4O4S. The number of thiophene rings is 1. The lowest BCUT2D eigenvalue weighted by atomic mass is 9.80. The van der Waals surface area contributed by atoms with Gasteiger partial charge < -0.3 is 9.64 Å². The van der Waals surface area contributed by atoms with Gasteiger partial charge in [0.05, 0.1) is 30.0 Å². The standard InChI is InChI=1S/C27H22Cl2N4O4S/c1-31-26(36)33(21-9-19(28)8-20(29)10-21)25(35)27(31)15-32(12-22-7-18(14-38-22)24(34)37-2)13-23(27)17-5-3-16(11-30)4-6-17/h3-10,14,23H,12-13,15H2,1-2H3. The van der Waals surface area contributed by atoms with Crippen molar-refractivity contribution < 1.29 is 19.1 Å². The Morgan fingerprint density at radius 3 is 2.47 bits per heavy atom. The van der Waals surface area contributed by atoms with Crippen LogP contribution in [0, 0.1) is 11.3 Å². The molecular weight excluding hydrogens is 547 g/mol. The molecule has 2 aromatic carbocycles. The molecule has 0 radical (unpaired) electrons. The number of imide groups is 1. The number of likely N-dealkylation sites (N-methyl/N-ethyl adjacent to an activating group) is 1. The maximum absolute atomic E-state index is 14.3. The zero-order valence-corrected chi connectivity index (χ0v) is 22.8. The first-order chi connectivity index (χ1) is 18.2. The summed E-state index contributed by atoms with van der Waals surface area (Å²) in [4.78, 5) is 45.4. The summed E-state index contributed by atoms with van der Waals surface area (Å²) in [6.07, 6.45) is 0. The molecule has 2 fully saturated rings. The Morgan fingerprint density at radius 2 is 1.84 bits per heavy atom. The van der Waals surface area contributed by atoms with Crippen LogP contribution >= 0.6 is 34.5 Å². The van der Waals surface area contributed by atoms with E-state index in [-0.39, 0.29) is 18.4 Å². The molecule has 3 aromatic rings. The number of likely N-dealkylation sites (tertiary alicyclic amines) is 1. The average molecular weight is 569 g/mol. The smallest absolute Gasteiger partial charge is 0.338 e. The topological polar surface area (TPSA) is 94.0 Å². The average Bonchev–Trinajstić information content (AvgIpc) is 3.57.